The maximum atomic E-state index is 13.3. The van der Waals surface area contributed by atoms with E-state index in [0.717, 1.165) is 37.2 Å². The number of fused-ring (bicyclic) bond motifs is 1. The van der Waals surface area contributed by atoms with Crippen LogP contribution in [-0.4, -0.2) is 39.2 Å². The molecule has 3 aromatic rings. The van der Waals surface area contributed by atoms with Gasteiger partial charge in [-0.1, -0.05) is 42.4 Å². The molecule has 2 heterocycles. The van der Waals surface area contributed by atoms with Crippen molar-refractivity contribution in [2.75, 3.05) is 18.8 Å². The van der Waals surface area contributed by atoms with Crippen molar-refractivity contribution in [1.82, 2.24) is 14.5 Å². The normalized spacial score (nSPS) is 16.8. The van der Waals surface area contributed by atoms with Crippen LogP contribution in [0, 0.1) is 12.8 Å². The Bertz CT molecular complexity index is 1160. The van der Waals surface area contributed by atoms with E-state index in [1.165, 1.54) is 11.8 Å². The summed E-state index contributed by atoms with van der Waals surface area (Å²) in [5.74, 6) is 0.860. The number of hydrogen-bond acceptors (Lipinski definition) is 4. The van der Waals surface area contributed by atoms with Crippen LogP contribution < -0.4 is 5.56 Å². The molecule has 0 bridgehead atoms. The van der Waals surface area contributed by atoms with Crippen molar-refractivity contribution >= 4 is 40.2 Å². The standard InChI is InChI=1S/C23H24ClN3O2S/c1-15-5-3-7-18(11-15)27-22(29)19-9-8-17(24)12-20(19)25-23(27)30-14-21(28)26-10-4-6-16(2)13-26/h3,5,7-9,11-12,16H,4,6,10,13-14H2,1-2H3. The maximum absolute atomic E-state index is 13.3. The SMILES string of the molecule is Cc1cccc(-n2c(SCC(=O)N3CCCC(C)C3)nc3cc(Cl)ccc3c2=O)c1. The summed E-state index contributed by atoms with van der Waals surface area (Å²) in [5.41, 5.74) is 2.16. The lowest BCUT2D eigenvalue weighted by molar-refractivity contribution is -0.130. The van der Waals surface area contributed by atoms with Gasteiger partial charge in [-0.2, -0.15) is 0 Å². The third kappa shape index (κ3) is 4.40. The van der Waals surface area contributed by atoms with Gasteiger partial charge >= 0.3 is 0 Å². The summed E-state index contributed by atoms with van der Waals surface area (Å²) in [6.07, 6.45) is 2.20. The zero-order valence-corrected chi connectivity index (χ0v) is 18.7. The predicted molar refractivity (Wildman–Crippen MR) is 123 cm³/mol. The van der Waals surface area contributed by atoms with E-state index >= 15 is 0 Å². The summed E-state index contributed by atoms with van der Waals surface area (Å²) in [7, 11) is 0. The third-order valence-electron chi connectivity index (χ3n) is 5.39. The van der Waals surface area contributed by atoms with Crippen LogP contribution in [0.25, 0.3) is 16.6 Å². The minimum atomic E-state index is -0.163. The number of carbonyl (C=O) groups excluding carboxylic acids is 1. The number of piperidine rings is 1. The quantitative estimate of drug-likeness (QED) is 0.435. The number of thioether (sulfide) groups is 1. The topological polar surface area (TPSA) is 55.2 Å². The Hall–Kier alpha value is -2.31. The van der Waals surface area contributed by atoms with Crippen LogP contribution in [0.2, 0.25) is 5.02 Å². The fraction of sp³-hybridized carbons (Fsp3) is 0.348. The summed E-state index contributed by atoms with van der Waals surface area (Å²) >= 11 is 7.43. The highest BCUT2D eigenvalue weighted by Gasteiger charge is 2.22. The molecule has 0 radical (unpaired) electrons. The predicted octanol–water partition coefficient (Wildman–Crippen LogP) is 4.70. The molecule has 4 rings (SSSR count). The first-order chi connectivity index (χ1) is 14.4. The number of carbonyl (C=O) groups is 1. The van der Waals surface area contributed by atoms with Gasteiger partial charge in [-0.25, -0.2) is 4.98 Å². The first-order valence-electron chi connectivity index (χ1n) is 10.1. The minimum Gasteiger partial charge on any atom is -0.342 e. The molecule has 5 nitrogen and oxygen atoms in total. The summed E-state index contributed by atoms with van der Waals surface area (Å²) < 4.78 is 1.60. The van der Waals surface area contributed by atoms with Gasteiger partial charge in [0.2, 0.25) is 5.91 Å². The van der Waals surface area contributed by atoms with E-state index in [9.17, 15) is 9.59 Å². The first kappa shape index (κ1) is 20.9. The highest BCUT2D eigenvalue weighted by Crippen LogP contribution is 2.24. The molecule has 0 N–H and O–H groups in total. The Balaban J connectivity index is 1.72. The second kappa shape index (κ2) is 8.82. The number of hydrogen-bond donors (Lipinski definition) is 0. The number of amides is 1. The van der Waals surface area contributed by atoms with Gasteiger partial charge in [0.15, 0.2) is 5.16 Å². The smallest absolute Gasteiger partial charge is 0.266 e. The largest absolute Gasteiger partial charge is 0.342 e. The van der Waals surface area contributed by atoms with Gasteiger partial charge in [-0.3, -0.25) is 14.2 Å². The van der Waals surface area contributed by atoms with Crippen molar-refractivity contribution in [2.24, 2.45) is 5.92 Å². The summed E-state index contributed by atoms with van der Waals surface area (Å²) in [6, 6.07) is 12.8. The monoisotopic (exact) mass is 441 g/mol. The summed E-state index contributed by atoms with van der Waals surface area (Å²) in [5, 5.41) is 1.53. The van der Waals surface area contributed by atoms with Gasteiger partial charge in [0.05, 0.1) is 22.3 Å². The lowest BCUT2D eigenvalue weighted by atomic mass is 10.0. The van der Waals surface area contributed by atoms with Crippen LogP contribution in [0.1, 0.15) is 25.3 Å². The molecule has 1 aliphatic heterocycles. The number of halogens is 1. The lowest BCUT2D eigenvalue weighted by Gasteiger charge is -2.30. The molecule has 1 aliphatic rings. The number of nitrogens with zero attached hydrogens (tertiary/aromatic N) is 3. The second-order valence-electron chi connectivity index (χ2n) is 7.91. The Morgan fingerprint density at radius 3 is 2.87 bits per heavy atom. The Morgan fingerprint density at radius 1 is 1.27 bits per heavy atom. The van der Waals surface area contributed by atoms with Crippen molar-refractivity contribution in [3.05, 3.63) is 63.4 Å². The van der Waals surface area contributed by atoms with Crippen molar-refractivity contribution in [3.63, 3.8) is 0 Å². The molecule has 1 saturated heterocycles. The molecule has 1 aromatic heterocycles. The Morgan fingerprint density at radius 2 is 2.10 bits per heavy atom. The van der Waals surface area contributed by atoms with Gasteiger partial charge in [0, 0.05) is 18.1 Å². The Labute approximate surface area is 185 Å². The van der Waals surface area contributed by atoms with Crippen LogP contribution in [-0.2, 0) is 4.79 Å². The molecule has 30 heavy (non-hydrogen) atoms. The molecule has 1 atom stereocenters. The van der Waals surface area contributed by atoms with E-state index in [2.05, 4.69) is 6.92 Å². The highest BCUT2D eigenvalue weighted by molar-refractivity contribution is 7.99. The average Bonchev–Trinajstić information content (AvgIpc) is 2.71. The second-order valence-corrected chi connectivity index (χ2v) is 9.29. The number of aromatic nitrogens is 2. The zero-order valence-electron chi connectivity index (χ0n) is 17.1. The van der Waals surface area contributed by atoms with Gasteiger partial charge < -0.3 is 4.90 Å². The van der Waals surface area contributed by atoms with Crippen LogP contribution >= 0.6 is 23.4 Å². The fourth-order valence-corrected chi connectivity index (χ4v) is 4.95. The zero-order chi connectivity index (χ0) is 21.3. The molecule has 0 aliphatic carbocycles. The van der Waals surface area contributed by atoms with E-state index in [4.69, 9.17) is 16.6 Å². The number of aryl methyl sites for hydroxylation is 1. The van der Waals surface area contributed by atoms with Crippen molar-refractivity contribution < 1.29 is 4.79 Å². The molecule has 0 spiro atoms. The third-order valence-corrected chi connectivity index (χ3v) is 6.55. The van der Waals surface area contributed by atoms with E-state index in [-0.39, 0.29) is 17.2 Å². The summed E-state index contributed by atoms with van der Waals surface area (Å²) in [6.45, 7) is 5.76. The van der Waals surface area contributed by atoms with Crippen molar-refractivity contribution in [1.29, 1.82) is 0 Å². The number of rotatable bonds is 4. The molecule has 1 amide bonds. The van der Waals surface area contributed by atoms with Gasteiger partial charge in [-0.05, 0) is 61.6 Å². The number of benzene rings is 2. The van der Waals surface area contributed by atoms with Gasteiger partial charge in [0.25, 0.3) is 5.56 Å². The minimum absolute atomic E-state index is 0.0859. The lowest BCUT2D eigenvalue weighted by Crippen LogP contribution is -2.40. The number of likely N-dealkylation sites (tertiary alicyclic amines) is 1. The summed E-state index contributed by atoms with van der Waals surface area (Å²) in [4.78, 5) is 32.8. The highest BCUT2D eigenvalue weighted by atomic mass is 35.5. The first-order valence-corrected chi connectivity index (χ1v) is 11.5. The van der Waals surface area contributed by atoms with Crippen LogP contribution in [0.15, 0.2) is 52.4 Å². The molecule has 1 fully saturated rings. The molecule has 1 unspecified atom stereocenters. The van der Waals surface area contributed by atoms with Crippen LogP contribution in [0.4, 0.5) is 0 Å². The molecular formula is C23H24ClN3O2S. The van der Waals surface area contributed by atoms with Crippen molar-refractivity contribution in [3.8, 4) is 5.69 Å². The molecule has 7 heteroatoms. The van der Waals surface area contributed by atoms with Crippen LogP contribution in [0.5, 0.6) is 0 Å². The average molecular weight is 442 g/mol. The van der Waals surface area contributed by atoms with Crippen molar-refractivity contribution in [2.45, 2.75) is 31.8 Å². The molecule has 2 aromatic carbocycles. The van der Waals surface area contributed by atoms with Gasteiger partial charge in [-0.15, -0.1) is 0 Å². The molecule has 156 valence electrons. The van der Waals surface area contributed by atoms with E-state index in [1.807, 2.05) is 36.1 Å². The van der Waals surface area contributed by atoms with Gasteiger partial charge in [0.1, 0.15) is 0 Å². The van der Waals surface area contributed by atoms with Crippen LogP contribution in [0.3, 0.4) is 0 Å². The fourth-order valence-electron chi connectivity index (χ4n) is 3.86. The van der Waals surface area contributed by atoms with E-state index in [1.54, 1.807) is 22.8 Å². The van der Waals surface area contributed by atoms with E-state index in [0.29, 0.717) is 27.0 Å². The molecular weight excluding hydrogens is 418 g/mol. The maximum Gasteiger partial charge on any atom is 0.266 e. The molecule has 0 saturated carbocycles. The van der Waals surface area contributed by atoms with E-state index < -0.39 is 0 Å². The Kier molecular flexibility index (Phi) is 6.16.